The van der Waals surface area contributed by atoms with Crippen molar-refractivity contribution < 1.29 is 9.90 Å². The average molecular weight is 297 g/mol. The highest BCUT2D eigenvalue weighted by molar-refractivity contribution is 5.88. The summed E-state index contributed by atoms with van der Waals surface area (Å²) in [7, 11) is 0. The average Bonchev–Trinajstić information content (AvgIpc) is 2.56. The summed E-state index contributed by atoms with van der Waals surface area (Å²) in [6.07, 6.45) is 2.13. The van der Waals surface area contributed by atoms with Crippen LogP contribution in [-0.4, -0.2) is 11.0 Å². The standard InChI is InChI=1S/C19H23NO2/c1-3-14(4-2)15-10-12-17(13-11-15)19(22,18(20)21)16-8-6-5-7-9-16/h5-14,22H,3-4H2,1-2H3,(H2,20,21). The summed E-state index contributed by atoms with van der Waals surface area (Å²) in [5.41, 5.74) is 5.90. The maximum Gasteiger partial charge on any atom is 0.258 e. The fourth-order valence-corrected chi connectivity index (χ4v) is 2.89. The Kier molecular flexibility index (Phi) is 4.99. The van der Waals surface area contributed by atoms with E-state index in [-0.39, 0.29) is 0 Å². The van der Waals surface area contributed by atoms with Crippen molar-refractivity contribution in [2.45, 2.75) is 38.2 Å². The van der Waals surface area contributed by atoms with Crippen molar-refractivity contribution in [1.29, 1.82) is 0 Å². The van der Waals surface area contributed by atoms with Crippen LogP contribution >= 0.6 is 0 Å². The molecular weight excluding hydrogens is 274 g/mol. The lowest BCUT2D eigenvalue weighted by Crippen LogP contribution is -2.42. The molecule has 3 N–H and O–H groups in total. The van der Waals surface area contributed by atoms with Crippen LogP contribution < -0.4 is 5.73 Å². The fraction of sp³-hybridized carbons (Fsp3) is 0.316. The summed E-state index contributed by atoms with van der Waals surface area (Å²) in [4.78, 5) is 11.9. The predicted octanol–water partition coefficient (Wildman–Crippen LogP) is 3.31. The van der Waals surface area contributed by atoms with E-state index in [1.54, 1.807) is 36.4 Å². The quantitative estimate of drug-likeness (QED) is 0.859. The van der Waals surface area contributed by atoms with E-state index in [0.717, 1.165) is 12.8 Å². The highest BCUT2D eigenvalue weighted by atomic mass is 16.3. The Hall–Kier alpha value is -2.13. The molecule has 2 aromatic carbocycles. The van der Waals surface area contributed by atoms with Gasteiger partial charge in [0.15, 0.2) is 5.60 Å². The second-order valence-electron chi connectivity index (χ2n) is 5.58. The molecular formula is C19H23NO2. The molecule has 1 unspecified atom stereocenters. The van der Waals surface area contributed by atoms with Gasteiger partial charge in [-0.3, -0.25) is 4.79 Å². The maximum absolute atomic E-state index is 11.9. The van der Waals surface area contributed by atoms with Crippen LogP contribution in [0.5, 0.6) is 0 Å². The third kappa shape index (κ3) is 2.90. The third-order valence-electron chi connectivity index (χ3n) is 4.33. The lowest BCUT2D eigenvalue weighted by atomic mass is 9.84. The summed E-state index contributed by atoms with van der Waals surface area (Å²) in [6, 6.07) is 16.4. The fourth-order valence-electron chi connectivity index (χ4n) is 2.89. The summed E-state index contributed by atoms with van der Waals surface area (Å²) >= 11 is 0. The minimum Gasteiger partial charge on any atom is -0.372 e. The van der Waals surface area contributed by atoms with Crippen LogP contribution in [0.1, 0.15) is 49.3 Å². The zero-order chi connectivity index (χ0) is 16.2. The van der Waals surface area contributed by atoms with Crippen LogP contribution in [0.25, 0.3) is 0 Å². The Bertz CT molecular complexity index is 618. The second kappa shape index (κ2) is 6.75. The summed E-state index contributed by atoms with van der Waals surface area (Å²) < 4.78 is 0. The molecule has 2 aromatic rings. The van der Waals surface area contributed by atoms with Gasteiger partial charge in [-0.05, 0) is 35.4 Å². The molecule has 0 aliphatic rings. The Morgan fingerprint density at radius 1 is 1.00 bits per heavy atom. The molecule has 2 rings (SSSR count). The number of aliphatic hydroxyl groups is 1. The zero-order valence-corrected chi connectivity index (χ0v) is 13.1. The molecule has 1 amide bonds. The Labute approximate surface area is 131 Å². The van der Waals surface area contributed by atoms with Crippen molar-refractivity contribution in [3.05, 3.63) is 71.3 Å². The number of primary amides is 1. The van der Waals surface area contributed by atoms with Crippen LogP contribution in [0, 0.1) is 0 Å². The van der Waals surface area contributed by atoms with Crippen LogP contribution in [0.4, 0.5) is 0 Å². The molecule has 0 spiro atoms. The van der Waals surface area contributed by atoms with E-state index < -0.39 is 11.5 Å². The molecule has 22 heavy (non-hydrogen) atoms. The van der Waals surface area contributed by atoms with Gasteiger partial charge in [0.2, 0.25) is 0 Å². The molecule has 0 aliphatic carbocycles. The van der Waals surface area contributed by atoms with Gasteiger partial charge in [0, 0.05) is 0 Å². The second-order valence-corrected chi connectivity index (χ2v) is 5.58. The first kappa shape index (κ1) is 16.2. The van der Waals surface area contributed by atoms with Crippen molar-refractivity contribution in [3.63, 3.8) is 0 Å². The number of carbonyl (C=O) groups excluding carboxylic acids is 1. The van der Waals surface area contributed by atoms with Crippen LogP contribution in [0.15, 0.2) is 54.6 Å². The van der Waals surface area contributed by atoms with Gasteiger partial charge in [0.05, 0.1) is 0 Å². The van der Waals surface area contributed by atoms with Crippen molar-refractivity contribution >= 4 is 5.91 Å². The van der Waals surface area contributed by atoms with E-state index >= 15 is 0 Å². The zero-order valence-electron chi connectivity index (χ0n) is 13.1. The van der Waals surface area contributed by atoms with Gasteiger partial charge in [0.1, 0.15) is 0 Å². The molecule has 0 saturated heterocycles. The SMILES string of the molecule is CCC(CC)c1ccc(C(O)(C(N)=O)c2ccccc2)cc1. The van der Waals surface area contributed by atoms with Crippen molar-refractivity contribution in [2.24, 2.45) is 5.73 Å². The van der Waals surface area contributed by atoms with Crippen molar-refractivity contribution in [3.8, 4) is 0 Å². The first-order valence-electron chi connectivity index (χ1n) is 7.72. The molecule has 0 aliphatic heterocycles. The number of rotatable bonds is 6. The van der Waals surface area contributed by atoms with E-state index in [9.17, 15) is 9.90 Å². The molecule has 0 fully saturated rings. The van der Waals surface area contributed by atoms with E-state index in [0.29, 0.717) is 17.0 Å². The van der Waals surface area contributed by atoms with E-state index in [2.05, 4.69) is 13.8 Å². The summed E-state index contributed by atoms with van der Waals surface area (Å²) in [5, 5.41) is 10.9. The van der Waals surface area contributed by atoms with Crippen molar-refractivity contribution in [2.75, 3.05) is 0 Å². The molecule has 0 radical (unpaired) electrons. The Morgan fingerprint density at radius 3 is 1.95 bits per heavy atom. The van der Waals surface area contributed by atoms with Gasteiger partial charge in [0.25, 0.3) is 5.91 Å². The molecule has 3 heteroatoms. The molecule has 0 bridgehead atoms. The molecule has 0 saturated carbocycles. The van der Waals surface area contributed by atoms with Crippen molar-refractivity contribution in [1.82, 2.24) is 0 Å². The van der Waals surface area contributed by atoms with Gasteiger partial charge in [-0.25, -0.2) is 0 Å². The van der Waals surface area contributed by atoms with Gasteiger partial charge >= 0.3 is 0 Å². The lowest BCUT2D eigenvalue weighted by molar-refractivity contribution is -0.133. The van der Waals surface area contributed by atoms with E-state index in [1.165, 1.54) is 5.56 Å². The molecule has 116 valence electrons. The Balaban J connectivity index is 2.45. The molecule has 3 nitrogen and oxygen atoms in total. The Morgan fingerprint density at radius 2 is 1.50 bits per heavy atom. The van der Waals surface area contributed by atoms with Gasteiger partial charge in [-0.1, -0.05) is 68.4 Å². The number of nitrogens with two attached hydrogens (primary N) is 1. The minimum absolute atomic E-state index is 0.484. The predicted molar refractivity (Wildman–Crippen MR) is 88.4 cm³/mol. The lowest BCUT2D eigenvalue weighted by Gasteiger charge is -2.26. The first-order chi connectivity index (χ1) is 10.5. The van der Waals surface area contributed by atoms with Crippen LogP contribution in [0.2, 0.25) is 0 Å². The van der Waals surface area contributed by atoms with Crippen LogP contribution in [-0.2, 0) is 10.4 Å². The van der Waals surface area contributed by atoms with Gasteiger partial charge in [-0.2, -0.15) is 0 Å². The number of amides is 1. The van der Waals surface area contributed by atoms with Gasteiger partial charge < -0.3 is 10.8 Å². The third-order valence-corrected chi connectivity index (χ3v) is 4.33. The van der Waals surface area contributed by atoms with Crippen LogP contribution in [0.3, 0.4) is 0 Å². The highest BCUT2D eigenvalue weighted by Gasteiger charge is 2.38. The minimum atomic E-state index is -1.80. The molecule has 0 heterocycles. The largest absolute Gasteiger partial charge is 0.372 e. The summed E-state index contributed by atoms with van der Waals surface area (Å²) in [5.74, 6) is -0.276. The number of benzene rings is 2. The summed E-state index contributed by atoms with van der Waals surface area (Å²) in [6.45, 7) is 4.32. The maximum atomic E-state index is 11.9. The normalized spacial score (nSPS) is 13.8. The van der Waals surface area contributed by atoms with E-state index in [1.807, 2.05) is 18.2 Å². The van der Waals surface area contributed by atoms with Gasteiger partial charge in [-0.15, -0.1) is 0 Å². The smallest absolute Gasteiger partial charge is 0.258 e. The number of hydrogen-bond donors (Lipinski definition) is 2. The number of carbonyl (C=O) groups is 1. The topological polar surface area (TPSA) is 63.3 Å². The molecule has 1 atom stereocenters. The monoisotopic (exact) mass is 297 g/mol. The highest BCUT2D eigenvalue weighted by Crippen LogP contribution is 2.31. The molecule has 0 aromatic heterocycles. The first-order valence-corrected chi connectivity index (χ1v) is 7.72. The number of hydrogen-bond acceptors (Lipinski definition) is 2. The van der Waals surface area contributed by atoms with E-state index in [4.69, 9.17) is 5.73 Å².